The van der Waals surface area contributed by atoms with Gasteiger partial charge in [-0.25, -0.2) is 14.6 Å². The summed E-state index contributed by atoms with van der Waals surface area (Å²) in [7, 11) is 0. The quantitative estimate of drug-likeness (QED) is 0.470. The normalized spacial score (nSPS) is 10.2. The molecular formula is C18H21N3O5S2. The highest BCUT2D eigenvalue weighted by atomic mass is 32.1. The van der Waals surface area contributed by atoms with Crippen molar-refractivity contribution in [2.45, 2.75) is 20.8 Å². The Balaban J connectivity index is 1.96. The Morgan fingerprint density at radius 3 is 2.68 bits per heavy atom. The summed E-state index contributed by atoms with van der Waals surface area (Å²) in [5, 5.41) is 8.04. The van der Waals surface area contributed by atoms with Gasteiger partial charge in [-0.05, 0) is 26.3 Å². The highest BCUT2D eigenvalue weighted by Gasteiger charge is 2.22. The van der Waals surface area contributed by atoms with E-state index in [1.54, 1.807) is 19.9 Å². The van der Waals surface area contributed by atoms with Crippen molar-refractivity contribution >= 4 is 50.7 Å². The van der Waals surface area contributed by atoms with Crippen molar-refractivity contribution in [3.8, 4) is 0 Å². The SMILES string of the molecule is C=CCNc1nc(C(=O)OCC(=O)Nc2sc(C)c(C)c2C(=O)OCC)cs1. The average molecular weight is 424 g/mol. The molecule has 0 atom stereocenters. The van der Waals surface area contributed by atoms with Crippen LogP contribution < -0.4 is 10.6 Å². The number of aromatic nitrogens is 1. The summed E-state index contributed by atoms with van der Waals surface area (Å²) in [4.78, 5) is 41.3. The Bertz CT molecular complexity index is 888. The summed E-state index contributed by atoms with van der Waals surface area (Å²) < 4.78 is 10.0. The van der Waals surface area contributed by atoms with Crippen LogP contribution in [0.1, 0.15) is 38.2 Å². The number of ether oxygens (including phenoxy) is 2. The maximum Gasteiger partial charge on any atom is 0.358 e. The zero-order chi connectivity index (χ0) is 20.7. The fourth-order valence-corrected chi connectivity index (χ4v) is 3.89. The smallest absolute Gasteiger partial charge is 0.358 e. The maximum absolute atomic E-state index is 12.2. The van der Waals surface area contributed by atoms with Crippen LogP contribution in [-0.4, -0.2) is 42.6 Å². The minimum Gasteiger partial charge on any atom is -0.462 e. The fourth-order valence-electron chi connectivity index (χ4n) is 2.14. The molecule has 10 heteroatoms. The van der Waals surface area contributed by atoms with Crippen molar-refractivity contribution in [1.29, 1.82) is 0 Å². The van der Waals surface area contributed by atoms with Crippen molar-refractivity contribution in [2.24, 2.45) is 0 Å². The molecule has 2 rings (SSSR count). The number of esters is 2. The molecular weight excluding hydrogens is 402 g/mol. The lowest BCUT2D eigenvalue weighted by molar-refractivity contribution is -0.119. The molecule has 0 saturated heterocycles. The van der Waals surface area contributed by atoms with E-state index < -0.39 is 24.5 Å². The number of hydrogen-bond donors (Lipinski definition) is 2. The van der Waals surface area contributed by atoms with E-state index >= 15 is 0 Å². The Morgan fingerprint density at radius 2 is 2.00 bits per heavy atom. The zero-order valence-corrected chi connectivity index (χ0v) is 17.4. The summed E-state index contributed by atoms with van der Waals surface area (Å²) in [6, 6.07) is 0. The van der Waals surface area contributed by atoms with Crippen LogP contribution in [0.25, 0.3) is 0 Å². The molecule has 150 valence electrons. The van der Waals surface area contributed by atoms with Gasteiger partial charge in [0.1, 0.15) is 5.00 Å². The first-order chi connectivity index (χ1) is 13.4. The van der Waals surface area contributed by atoms with Gasteiger partial charge in [-0.1, -0.05) is 6.08 Å². The van der Waals surface area contributed by atoms with E-state index in [2.05, 4.69) is 22.2 Å². The number of nitrogens with one attached hydrogen (secondary N) is 2. The molecule has 0 aliphatic heterocycles. The second-order valence-electron chi connectivity index (χ2n) is 5.54. The molecule has 0 unspecified atom stereocenters. The van der Waals surface area contributed by atoms with E-state index in [1.165, 1.54) is 28.1 Å². The standard InChI is InChI=1S/C18H21N3O5S2/c1-5-7-19-18-20-12(9-27-18)16(23)26-8-13(22)21-15-14(17(24)25-6-2)10(3)11(4)28-15/h5,9H,1,6-8H2,2-4H3,(H,19,20)(H,21,22). The topological polar surface area (TPSA) is 107 Å². The number of rotatable bonds is 9. The lowest BCUT2D eigenvalue weighted by atomic mass is 10.1. The van der Waals surface area contributed by atoms with Gasteiger partial charge in [0.2, 0.25) is 0 Å². The third-order valence-electron chi connectivity index (χ3n) is 3.56. The van der Waals surface area contributed by atoms with Crippen molar-refractivity contribution in [2.75, 3.05) is 30.4 Å². The molecule has 0 radical (unpaired) electrons. The summed E-state index contributed by atoms with van der Waals surface area (Å²) in [5.74, 6) is -1.76. The fraction of sp³-hybridized carbons (Fsp3) is 0.333. The molecule has 2 aromatic rings. The third kappa shape index (κ3) is 5.40. The second kappa shape index (κ2) is 10.00. The van der Waals surface area contributed by atoms with Gasteiger partial charge in [-0.15, -0.1) is 29.3 Å². The highest BCUT2D eigenvalue weighted by Crippen LogP contribution is 2.33. The van der Waals surface area contributed by atoms with Crippen molar-refractivity contribution in [1.82, 2.24) is 4.98 Å². The number of thiazole rings is 1. The minimum atomic E-state index is -0.706. The number of nitrogens with zero attached hydrogens (tertiary/aromatic N) is 1. The van der Waals surface area contributed by atoms with Crippen molar-refractivity contribution in [3.05, 3.63) is 39.7 Å². The molecule has 0 aliphatic carbocycles. The number of anilines is 2. The van der Waals surface area contributed by atoms with Crippen LogP contribution >= 0.6 is 22.7 Å². The number of thiophene rings is 1. The van der Waals surface area contributed by atoms with Crippen LogP contribution in [0.5, 0.6) is 0 Å². The van der Waals surface area contributed by atoms with Crippen LogP contribution in [-0.2, 0) is 14.3 Å². The van der Waals surface area contributed by atoms with Gasteiger partial charge in [0.15, 0.2) is 17.4 Å². The minimum absolute atomic E-state index is 0.111. The van der Waals surface area contributed by atoms with Gasteiger partial charge in [-0.3, -0.25) is 4.79 Å². The van der Waals surface area contributed by atoms with Gasteiger partial charge < -0.3 is 20.1 Å². The van der Waals surface area contributed by atoms with Gasteiger partial charge in [-0.2, -0.15) is 0 Å². The molecule has 0 spiro atoms. The number of carbonyl (C=O) groups is 3. The second-order valence-corrected chi connectivity index (χ2v) is 7.62. The van der Waals surface area contributed by atoms with Crippen molar-refractivity contribution in [3.63, 3.8) is 0 Å². The highest BCUT2D eigenvalue weighted by molar-refractivity contribution is 7.16. The van der Waals surface area contributed by atoms with E-state index in [9.17, 15) is 14.4 Å². The van der Waals surface area contributed by atoms with Gasteiger partial charge in [0.25, 0.3) is 5.91 Å². The monoisotopic (exact) mass is 423 g/mol. The molecule has 0 saturated carbocycles. The lowest BCUT2D eigenvalue weighted by Crippen LogP contribution is -2.22. The largest absolute Gasteiger partial charge is 0.462 e. The van der Waals surface area contributed by atoms with Crippen molar-refractivity contribution < 1.29 is 23.9 Å². The predicted octanol–water partition coefficient (Wildman–Crippen LogP) is 3.39. The molecule has 1 amide bonds. The molecule has 0 bridgehead atoms. The van der Waals surface area contributed by atoms with Crippen LogP contribution in [0, 0.1) is 13.8 Å². The van der Waals surface area contributed by atoms with Gasteiger partial charge >= 0.3 is 11.9 Å². The molecule has 28 heavy (non-hydrogen) atoms. The maximum atomic E-state index is 12.2. The number of amides is 1. The molecule has 0 aromatic carbocycles. The van der Waals surface area contributed by atoms with Crippen LogP contribution in [0.3, 0.4) is 0 Å². The Kier molecular flexibility index (Phi) is 7.70. The predicted molar refractivity (Wildman–Crippen MR) is 109 cm³/mol. The van der Waals surface area contributed by atoms with E-state index in [0.717, 1.165) is 10.4 Å². The van der Waals surface area contributed by atoms with E-state index in [0.29, 0.717) is 22.2 Å². The molecule has 0 aliphatic rings. The van der Waals surface area contributed by atoms with Gasteiger partial charge in [0, 0.05) is 16.8 Å². The number of carbonyl (C=O) groups excluding carboxylic acids is 3. The number of aryl methyl sites for hydroxylation is 1. The summed E-state index contributed by atoms with van der Waals surface area (Å²) >= 11 is 2.51. The summed E-state index contributed by atoms with van der Waals surface area (Å²) in [5.41, 5.74) is 1.18. The van der Waals surface area contributed by atoms with E-state index in [4.69, 9.17) is 9.47 Å². The first-order valence-corrected chi connectivity index (χ1v) is 10.1. The van der Waals surface area contributed by atoms with Crippen LogP contribution in [0.15, 0.2) is 18.0 Å². The molecule has 2 heterocycles. The van der Waals surface area contributed by atoms with Crippen LogP contribution in [0.2, 0.25) is 0 Å². The van der Waals surface area contributed by atoms with Crippen LogP contribution in [0.4, 0.5) is 10.1 Å². The lowest BCUT2D eigenvalue weighted by Gasteiger charge is -2.07. The third-order valence-corrected chi connectivity index (χ3v) is 5.49. The molecule has 8 nitrogen and oxygen atoms in total. The molecule has 2 aromatic heterocycles. The molecule has 0 fully saturated rings. The Morgan fingerprint density at radius 1 is 1.25 bits per heavy atom. The number of hydrogen-bond acceptors (Lipinski definition) is 9. The molecule has 2 N–H and O–H groups in total. The van der Waals surface area contributed by atoms with E-state index in [-0.39, 0.29) is 12.3 Å². The average Bonchev–Trinajstić information content (AvgIpc) is 3.23. The zero-order valence-electron chi connectivity index (χ0n) is 15.8. The van der Waals surface area contributed by atoms with Gasteiger partial charge in [0.05, 0.1) is 12.2 Å². The summed E-state index contributed by atoms with van der Waals surface area (Å²) in [6.07, 6.45) is 1.67. The Hall–Kier alpha value is -2.72. The Labute approximate surface area is 170 Å². The first-order valence-electron chi connectivity index (χ1n) is 8.41. The summed E-state index contributed by atoms with van der Waals surface area (Å²) in [6.45, 7) is 9.18. The first kappa shape index (κ1) is 21.6. The van der Waals surface area contributed by atoms with E-state index in [1.807, 2.05) is 6.92 Å².